The van der Waals surface area contributed by atoms with Crippen LogP contribution in [-0.4, -0.2) is 16.7 Å². The van der Waals surface area contributed by atoms with Gasteiger partial charge in [-0.1, -0.05) is 67.3 Å². The molecule has 2 aromatic rings. The van der Waals surface area contributed by atoms with Crippen LogP contribution in [0.1, 0.15) is 52.2 Å². The van der Waals surface area contributed by atoms with Gasteiger partial charge in [0.05, 0.1) is 5.41 Å². The van der Waals surface area contributed by atoms with E-state index < -0.39 is 16.6 Å². The molecule has 140 valence electrons. The maximum Gasteiger partial charge on any atom is 0.312 e. The van der Waals surface area contributed by atoms with Crippen molar-refractivity contribution in [2.24, 2.45) is 5.41 Å². The average Bonchev–Trinajstić information content (AvgIpc) is 2.90. The number of hydrogen-bond donors (Lipinski definition) is 1. The van der Waals surface area contributed by atoms with Gasteiger partial charge in [0.2, 0.25) is 0 Å². The molecule has 27 heavy (non-hydrogen) atoms. The van der Waals surface area contributed by atoms with Crippen molar-refractivity contribution in [1.82, 2.24) is 0 Å². The van der Waals surface area contributed by atoms with Crippen LogP contribution >= 0.6 is 0 Å². The first kappa shape index (κ1) is 19.2. The first-order valence-corrected chi connectivity index (χ1v) is 9.30. The van der Waals surface area contributed by atoms with Crippen LogP contribution in [-0.2, 0) is 15.1 Å². The monoisotopic (exact) mass is 362 g/mol. The van der Waals surface area contributed by atoms with Crippen molar-refractivity contribution in [3.63, 3.8) is 0 Å². The zero-order chi connectivity index (χ0) is 19.9. The number of rotatable bonds is 3. The molecule has 3 nitrogen and oxygen atoms in total. The van der Waals surface area contributed by atoms with Crippen LogP contribution in [0.4, 0.5) is 0 Å². The second-order valence-corrected chi connectivity index (χ2v) is 8.19. The molecular weight excluding hydrogens is 336 g/mol. The van der Waals surface area contributed by atoms with Gasteiger partial charge in [-0.05, 0) is 45.2 Å². The molecule has 3 heteroatoms. The maximum atomic E-state index is 12.4. The summed E-state index contributed by atoms with van der Waals surface area (Å²) in [5, 5.41) is 11.5. The first-order chi connectivity index (χ1) is 12.6. The third-order valence-electron chi connectivity index (χ3n) is 5.25. The van der Waals surface area contributed by atoms with Crippen LogP contribution in [0.25, 0.3) is 11.1 Å². The first-order valence-electron chi connectivity index (χ1n) is 9.30. The van der Waals surface area contributed by atoms with Gasteiger partial charge in [0, 0.05) is 11.1 Å². The summed E-state index contributed by atoms with van der Waals surface area (Å²) in [5.41, 5.74) is 0.480. The topological polar surface area (TPSA) is 46.5 Å². The van der Waals surface area contributed by atoms with E-state index in [1.165, 1.54) is 0 Å². The molecule has 2 aromatic carbocycles. The van der Waals surface area contributed by atoms with E-state index >= 15 is 0 Å². The van der Waals surface area contributed by atoms with Gasteiger partial charge in [-0.2, -0.15) is 0 Å². The van der Waals surface area contributed by atoms with Gasteiger partial charge in [-0.3, -0.25) is 4.79 Å². The lowest BCUT2D eigenvalue weighted by atomic mass is 9.90. The normalized spacial score (nSPS) is 14.6. The predicted molar refractivity (Wildman–Crippen MR) is 107 cm³/mol. The fourth-order valence-electron chi connectivity index (χ4n) is 3.13. The van der Waals surface area contributed by atoms with E-state index in [4.69, 9.17) is 4.74 Å². The fourth-order valence-corrected chi connectivity index (χ4v) is 3.13. The third kappa shape index (κ3) is 3.38. The second kappa shape index (κ2) is 6.55. The summed E-state index contributed by atoms with van der Waals surface area (Å²) in [5.74, 6) is 5.73. The minimum Gasteiger partial charge on any atom is -0.446 e. The molecule has 0 heterocycles. The van der Waals surface area contributed by atoms with Crippen LogP contribution in [0.5, 0.6) is 0 Å². The SMILES string of the molecule is CCC(C)(C)C(=O)OC(C)(C)C#CC1(O)c2ccccc2-c2ccccc21. The summed E-state index contributed by atoms with van der Waals surface area (Å²) in [6.45, 7) is 9.17. The minimum atomic E-state index is -1.42. The smallest absolute Gasteiger partial charge is 0.312 e. The predicted octanol–water partition coefficient (Wildman–Crippen LogP) is 4.66. The van der Waals surface area contributed by atoms with Crippen LogP contribution < -0.4 is 0 Å². The Morgan fingerprint density at radius 1 is 1.00 bits per heavy atom. The highest BCUT2D eigenvalue weighted by Crippen LogP contribution is 2.47. The van der Waals surface area contributed by atoms with Gasteiger partial charge in [-0.25, -0.2) is 0 Å². The molecule has 0 unspecified atom stereocenters. The van der Waals surface area contributed by atoms with Gasteiger partial charge in [-0.15, -0.1) is 0 Å². The molecule has 0 aliphatic heterocycles. The molecule has 0 radical (unpaired) electrons. The Hall–Kier alpha value is -2.57. The molecule has 0 saturated heterocycles. The van der Waals surface area contributed by atoms with E-state index in [9.17, 15) is 9.90 Å². The lowest BCUT2D eigenvalue weighted by Crippen LogP contribution is -2.35. The molecule has 0 amide bonds. The van der Waals surface area contributed by atoms with Crippen molar-refractivity contribution < 1.29 is 14.6 Å². The fraction of sp³-hybridized carbons (Fsp3) is 0.375. The zero-order valence-electron chi connectivity index (χ0n) is 16.6. The summed E-state index contributed by atoms with van der Waals surface area (Å²) in [6, 6.07) is 15.5. The second-order valence-electron chi connectivity index (χ2n) is 8.19. The van der Waals surface area contributed by atoms with Crippen molar-refractivity contribution in [3.8, 4) is 23.0 Å². The molecule has 0 spiro atoms. The summed E-state index contributed by atoms with van der Waals surface area (Å²) in [7, 11) is 0. The number of fused-ring (bicyclic) bond motifs is 3. The van der Waals surface area contributed by atoms with E-state index in [1.54, 1.807) is 13.8 Å². The number of hydrogen-bond acceptors (Lipinski definition) is 3. The largest absolute Gasteiger partial charge is 0.446 e. The standard InChI is InChI=1S/C24H26O3/c1-6-22(2,3)21(25)27-23(4,5)15-16-24(26)19-13-9-7-11-17(19)18-12-8-10-14-20(18)24/h7-14,26H,6H2,1-5H3. The Labute approximate surface area is 161 Å². The molecule has 1 aliphatic rings. The maximum absolute atomic E-state index is 12.4. The molecule has 0 aromatic heterocycles. The molecule has 1 aliphatic carbocycles. The molecule has 3 rings (SSSR count). The highest BCUT2D eigenvalue weighted by molar-refractivity contribution is 5.82. The van der Waals surface area contributed by atoms with Crippen molar-refractivity contribution in [2.75, 3.05) is 0 Å². The van der Waals surface area contributed by atoms with Gasteiger partial charge in [0.15, 0.2) is 11.2 Å². The molecule has 0 fully saturated rings. The number of esters is 1. The van der Waals surface area contributed by atoms with E-state index in [0.717, 1.165) is 22.3 Å². The van der Waals surface area contributed by atoms with Gasteiger partial charge in [0.1, 0.15) is 0 Å². The zero-order valence-corrected chi connectivity index (χ0v) is 16.6. The van der Waals surface area contributed by atoms with Crippen LogP contribution in [0, 0.1) is 17.3 Å². The van der Waals surface area contributed by atoms with E-state index in [-0.39, 0.29) is 5.97 Å². The Bertz CT molecular complexity index is 896. The summed E-state index contributed by atoms with van der Waals surface area (Å²) in [6.07, 6.45) is 0.681. The number of benzene rings is 2. The Morgan fingerprint density at radius 3 is 1.96 bits per heavy atom. The van der Waals surface area contributed by atoms with Crippen molar-refractivity contribution >= 4 is 5.97 Å². The third-order valence-corrected chi connectivity index (χ3v) is 5.25. The lowest BCUT2D eigenvalue weighted by Gasteiger charge is -2.27. The van der Waals surface area contributed by atoms with Crippen molar-refractivity contribution in [2.45, 2.75) is 52.2 Å². The Morgan fingerprint density at radius 2 is 1.48 bits per heavy atom. The molecule has 0 atom stereocenters. The van der Waals surface area contributed by atoms with E-state index in [2.05, 4.69) is 11.8 Å². The number of ether oxygens (including phenoxy) is 1. The van der Waals surface area contributed by atoms with Gasteiger partial charge < -0.3 is 9.84 Å². The Kier molecular flexibility index (Phi) is 4.66. The van der Waals surface area contributed by atoms with E-state index in [0.29, 0.717) is 6.42 Å². The number of carbonyl (C=O) groups is 1. The lowest BCUT2D eigenvalue weighted by molar-refractivity contribution is -0.162. The summed E-state index contributed by atoms with van der Waals surface area (Å²) < 4.78 is 5.65. The highest BCUT2D eigenvalue weighted by atomic mass is 16.6. The van der Waals surface area contributed by atoms with Crippen molar-refractivity contribution in [3.05, 3.63) is 59.7 Å². The quantitative estimate of drug-likeness (QED) is 0.638. The Balaban J connectivity index is 2.00. The molecule has 0 bridgehead atoms. The van der Waals surface area contributed by atoms with Gasteiger partial charge in [0.25, 0.3) is 0 Å². The van der Waals surface area contributed by atoms with Crippen LogP contribution in [0.3, 0.4) is 0 Å². The minimum absolute atomic E-state index is 0.288. The van der Waals surface area contributed by atoms with Gasteiger partial charge >= 0.3 is 5.97 Å². The molecule has 1 N–H and O–H groups in total. The average molecular weight is 362 g/mol. The molecule has 0 saturated carbocycles. The summed E-state index contributed by atoms with van der Waals surface area (Å²) in [4.78, 5) is 12.4. The summed E-state index contributed by atoms with van der Waals surface area (Å²) >= 11 is 0. The highest BCUT2D eigenvalue weighted by Gasteiger charge is 2.40. The van der Waals surface area contributed by atoms with Crippen LogP contribution in [0.2, 0.25) is 0 Å². The van der Waals surface area contributed by atoms with Crippen molar-refractivity contribution in [1.29, 1.82) is 0 Å². The van der Waals surface area contributed by atoms with E-state index in [1.807, 2.05) is 69.3 Å². The number of carbonyl (C=O) groups excluding carboxylic acids is 1. The molecular formula is C24H26O3. The van der Waals surface area contributed by atoms with Crippen LogP contribution in [0.15, 0.2) is 48.5 Å². The number of aliphatic hydroxyl groups is 1.